The van der Waals surface area contributed by atoms with E-state index in [1.54, 1.807) is 32.0 Å². The second-order valence-electron chi connectivity index (χ2n) is 5.70. The Kier molecular flexibility index (Phi) is 4.52. The second-order valence-corrected chi connectivity index (χ2v) is 5.70. The Morgan fingerprint density at radius 2 is 1.94 bits per heavy atom. The Bertz CT molecular complexity index is 422. The lowest BCUT2D eigenvalue weighted by molar-refractivity contribution is -0.142. The van der Waals surface area contributed by atoms with Crippen molar-refractivity contribution in [2.24, 2.45) is 5.92 Å². The van der Waals surface area contributed by atoms with Gasteiger partial charge in [-0.25, -0.2) is 0 Å². The van der Waals surface area contributed by atoms with E-state index in [2.05, 4.69) is 0 Å². The zero-order valence-electron chi connectivity index (χ0n) is 11.5. The van der Waals surface area contributed by atoms with Gasteiger partial charge in [-0.3, -0.25) is 4.79 Å². The first-order valence-corrected chi connectivity index (χ1v) is 6.27. The highest BCUT2D eigenvalue weighted by atomic mass is 16.4. The number of carboxylic acid groups (broad SMARTS) is 1. The van der Waals surface area contributed by atoms with E-state index in [4.69, 9.17) is 0 Å². The molecule has 0 aliphatic heterocycles. The molecule has 3 heteroatoms. The van der Waals surface area contributed by atoms with Gasteiger partial charge in [0.15, 0.2) is 0 Å². The van der Waals surface area contributed by atoms with Crippen LogP contribution >= 0.6 is 0 Å². The van der Waals surface area contributed by atoms with E-state index in [1.165, 1.54) is 0 Å². The maximum atomic E-state index is 11.2. The first kappa shape index (κ1) is 14.7. The summed E-state index contributed by atoms with van der Waals surface area (Å²) in [7, 11) is 0. The predicted molar refractivity (Wildman–Crippen MR) is 71.5 cm³/mol. The van der Waals surface area contributed by atoms with Gasteiger partial charge < -0.3 is 10.2 Å². The molecule has 1 atom stereocenters. The van der Waals surface area contributed by atoms with Gasteiger partial charge in [0.1, 0.15) is 0 Å². The molecule has 0 aliphatic carbocycles. The minimum absolute atomic E-state index is 0.399. The van der Waals surface area contributed by atoms with Gasteiger partial charge in [0, 0.05) is 0 Å². The average Bonchev–Trinajstić information content (AvgIpc) is 2.28. The minimum atomic E-state index is -0.937. The molecule has 3 nitrogen and oxygen atoms in total. The molecule has 0 heterocycles. The molecule has 100 valence electrons. The highest BCUT2D eigenvalue weighted by Crippen LogP contribution is 2.28. The summed E-state index contributed by atoms with van der Waals surface area (Å²) < 4.78 is 0. The molecule has 0 aromatic heterocycles. The smallest absolute Gasteiger partial charge is 0.313 e. The van der Waals surface area contributed by atoms with Crippen LogP contribution in [0.15, 0.2) is 24.3 Å². The average molecular weight is 250 g/mol. The van der Waals surface area contributed by atoms with Crippen LogP contribution in [0, 0.1) is 5.92 Å². The first-order valence-electron chi connectivity index (χ1n) is 6.27. The molecular weight excluding hydrogens is 228 g/mol. The molecular formula is C15H22O3. The second kappa shape index (κ2) is 5.53. The number of hydrogen-bond donors (Lipinski definition) is 2. The zero-order chi connectivity index (χ0) is 13.9. The van der Waals surface area contributed by atoms with Crippen LogP contribution in [0.1, 0.15) is 51.3 Å². The molecule has 0 aliphatic rings. The van der Waals surface area contributed by atoms with E-state index in [0.717, 1.165) is 11.1 Å². The fraction of sp³-hybridized carbons (Fsp3) is 0.533. The minimum Gasteiger partial charge on any atom is -0.481 e. The number of aliphatic carboxylic acids is 1. The fourth-order valence-corrected chi connectivity index (χ4v) is 1.84. The van der Waals surface area contributed by atoms with Crippen molar-refractivity contribution >= 4 is 5.97 Å². The van der Waals surface area contributed by atoms with E-state index in [-0.39, 0.29) is 0 Å². The maximum absolute atomic E-state index is 11.2. The van der Waals surface area contributed by atoms with Crippen molar-refractivity contribution in [3.05, 3.63) is 35.4 Å². The maximum Gasteiger partial charge on any atom is 0.313 e. The molecule has 1 rings (SSSR count). The SMILES string of the molecule is CC(C)CC(O)c1cccc(C(C)(C)C(=O)O)c1. The third kappa shape index (κ3) is 3.33. The fourth-order valence-electron chi connectivity index (χ4n) is 1.84. The van der Waals surface area contributed by atoms with E-state index in [0.29, 0.717) is 12.3 Å². The van der Waals surface area contributed by atoms with Crippen molar-refractivity contribution in [2.75, 3.05) is 0 Å². The van der Waals surface area contributed by atoms with Gasteiger partial charge in [-0.2, -0.15) is 0 Å². The Hall–Kier alpha value is -1.35. The molecule has 0 spiro atoms. The molecule has 0 fully saturated rings. The number of hydrogen-bond acceptors (Lipinski definition) is 2. The van der Waals surface area contributed by atoms with Gasteiger partial charge in [-0.15, -0.1) is 0 Å². The lowest BCUT2D eigenvalue weighted by Gasteiger charge is -2.22. The van der Waals surface area contributed by atoms with Crippen molar-refractivity contribution in [3.8, 4) is 0 Å². The third-order valence-corrected chi connectivity index (χ3v) is 3.22. The molecule has 0 bridgehead atoms. The van der Waals surface area contributed by atoms with E-state index in [1.807, 2.05) is 19.9 Å². The summed E-state index contributed by atoms with van der Waals surface area (Å²) in [6, 6.07) is 7.23. The van der Waals surface area contributed by atoms with Crippen LogP contribution in [0.2, 0.25) is 0 Å². The third-order valence-electron chi connectivity index (χ3n) is 3.22. The van der Waals surface area contributed by atoms with Crippen LogP contribution in [0.25, 0.3) is 0 Å². The van der Waals surface area contributed by atoms with Gasteiger partial charge >= 0.3 is 5.97 Å². The topological polar surface area (TPSA) is 57.5 Å². The van der Waals surface area contributed by atoms with Crippen LogP contribution in [0.4, 0.5) is 0 Å². The summed E-state index contributed by atoms with van der Waals surface area (Å²) >= 11 is 0. The Balaban J connectivity index is 3.03. The highest BCUT2D eigenvalue weighted by molar-refractivity contribution is 5.80. The van der Waals surface area contributed by atoms with Crippen molar-refractivity contribution in [1.29, 1.82) is 0 Å². The summed E-state index contributed by atoms with van der Waals surface area (Å²) in [6.07, 6.45) is 0.145. The Morgan fingerprint density at radius 3 is 2.44 bits per heavy atom. The molecule has 1 aromatic carbocycles. The Labute approximate surface area is 108 Å². The molecule has 0 radical (unpaired) electrons. The van der Waals surface area contributed by atoms with E-state index >= 15 is 0 Å². The number of carboxylic acids is 1. The van der Waals surface area contributed by atoms with E-state index < -0.39 is 17.5 Å². The van der Waals surface area contributed by atoms with Crippen molar-refractivity contribution in [1.82, 2.24) is 0 Å². The number of carbonyl (C=O) groups is 1. The molecule has 0 amide bonds. The summed E-state index contributed by atoms with van der Waals surface area (Å²) in [6.45, 7) is 7.44. The molecule has 18 heavy (non-hydrogen) atoms. The van der Waals surface area contributed by atoms with Crippen LogP contribution in [-0.2, 0) is 10.2 Å². The molecule has 1 unspecified atom stereocenters. The largest absolute Gasteiger partial charge is 0.481 e. The van der Waals surface area contributed by atoms with Gasteiger partial charge in [-0.05, 0) is 37.3 Å². The van der Waals surface area contributed by atoms with Crippen molar-refractivity contribution in [3.63, 3.8) is 0 Å². The highest BCUT2D eigenvalue weighted by Gasteiger charge is 2.29. The standard InChI is InChI=1S/C15H22O3/c1-10(2)8-13(16)11-6-5-7-12(9-11)15(3,4)14(17)18/h5-7,9-10,13,16H,8H2,1-4H3,(H,17,18). The van der Waals surface area contributed by atoms with Crippen LogP contribution in [0.3, 0.4) is 0 Å². The molecule has 2 N–H and O–H groups in total. The van der Waals surface area contributed by atoms with Gasteiger partial charge in [-0.1, -0.05) is 38.1 Å². The summed E-state index contributed by atoms with van der Waals surface area (Å²) in [5.41, 5.74) is 0.568. The summed E-state index contributed by atoms with van der Waals surface area (Å²) in [5.74, 6) is -0.464. The monoisotopic (exact) mass is 250 g/mol. The number of aliphatic hydroxyl groups is 1. The normalized spacial score (nSPS) is 13.7. The van der Waals surface area contributed by atoms with Gasteiger partial charge in [0.05, 0.1) is 11.5 Å². The van der Waals surface area contributed by atoms with Crippen molar-refractivity contribution in [2.45, 2.75) is 45.6 Å². The van der Waals surface area contributed by atoms with Gasteiger partial charge in [0.2, 0.25) is 0 Å². The number of rotatable bonds is 5. The lowest BCUT2D eigenvalue weighted by Crippen LogP contribution is -2.28. The number of aliphatic hydroxyl groups excluding tert-OH is 1. The van der Waals surface area contributed by atoms with Crippen LogP contribution < -0.4 is 0 Å². The van der Waals surface area contributed by atoms with Gasteiger partial charge in [0.25, 0.3) is 0 Å². The summed E-state index contributed by atoms with van der Waals surface area (Å²) in [4.78, 5) is 11.2. The quantitative estimate of drug-likeness (QED) is 0.844. The van der Waals surface area contributed by atoms with Crippen molar-refractivity contribution < 1.29 is 15.0 Å². The zero-order valence-corrected chi connectivity index (χ0v) is 11.5. The van der Waals surface area contributed by atoms with Crippen LogP contribution in [0.5, 0.6) is 0 Å². The lowest BCUT2D eigenvalue weighted by atomic mass is 9.83. The molecule has 0 saturated heterocycles. The van der Waals surface area contributed by atoms with E-state index in [9.17, 15) is 15.0 Å². The Morgan fingerprint density at radius 1 is 1.33 bits per heavy atom. The predicted octanol–water partition coefficient (Wildman–Crippen LogP) is 3.13. The summed E-state index contributed by atoms with van der Waals surface area (Å²) in [5, 5.41) is 19.3. The number of benzene rings is 1. The molecule has 1 aromatic rings. The first-order chi connectivity index (χ1) is 8.25. The van der Waals surface area contributed by atoms with Crippen LogP contribution in [-0.4, -0.2) is 16.2 Å². The molecule has 0 saturated carbocycles.